The molecule has 2 atom stereocenters. The van der Waals surface area contributed by atoms with E-state index in [1.54, 1.807) is 18.4 Å². The van der Waals surface area contributed by atoms with E-state index in [0.29, 0.717) is 13.0 Å². The molecule has 5 nitrogen and oxygen atoms in total. The Bertz CT molecular complexity index is 590. The number of benzene rings is 1. The van der Waals surface area contributed by atoms with Crippen molar-refractivity contribution in [3.63, 3.8) is 0 Å². The van der Waals surface area contributed by atoms with Gasteiger partial charge in [0.2, 0.25) is 10.0 Å². The second-order valence-electron chi connectivity index (χ2n) is 4.46. The summed E-state index contributed by atoms with van der Waals surface area (Å²) in [6, 6.07) is 4.61. The van der Waals surface area contributed by atoms with E-state index in [4.69, 9.17) is 17.3 Å². The minimum atomic E-state index is -3.66. The quantitative estimate of drug-likeness (QED) is 0.782. The lowest BCUT2D eigenvalue weighted by molar-refractivity contribution is 0.578. The normalized spacial score (nSPS) is 15.0. The zero-order valence-corrected chi connectivity index (χ0v) is 13.8. The van der Waals surface area contributed by atoms with Gasteiger partial charge in [-0.15, -0.1) is 0 Å². The molecule has 1 aromatic rings. The summed E-state index contributed by atoms with van der Waals surface area (Å²) in [4.78, 5) is 0.0293. The Labute approximate surface area is 127 Å². The molecule has 2 unspecified atom stereocenters. The van der Waals surface area contributed by atoms with Crippen LogP contribution < -0.4 is 10.5 Å². The Morgan fingerprint density at radius 2 is 2.10 bits per heavy atom. The molecule has 0 aliphatic heterocycles. The van der Waals surface area contributed by atoms with E-state index in [9.17, 15) is 12.6 Å². The molecule has 1 aromatic carbocycles. The minimum absolute atomic E-state index is 0.0293. The van der Waals surface area contributed by atoms with Gasteiger partial charge in [-0.25, -0.2) is 13.1 Å². The van der Waals surface area contributed by atoms with Crippen LogP contribution in [0.1, 0.15) is 18.9 Å². The maximum Gasteiger partial charge on any atom is 0.242 e. The summed E-state index contributed by atoms with van der Waals surface area (Å²) in [6.45, 7) is 2.33. The van der Waals surface area contributed by atoms with Crippen molar-refractivity contribution in [2.45, 2.75) is 30.0 Å². The molecule has 0 aliphatic carbocycles. The number of nitrogens with two attached hydrogens (primary N) is 1. The molecule has 0 bridgehead atoms. The third-order valence-electron chi connectivity index (χ3n) is 2.93. The van der Waals surface area contributed by atoms with Crippen LogP contribution in [-0.2, 0) is 27.4 Å². The molecule has 0 saturated heterocycles. The first kappa shape index (κ1) is 17.6. The Hall–Kier alpha value is -0.470. The molecule has 20 heavy (non-hydrogen) atoms. The molecule has 3 N–H and O–H groups in total. The first-order valence-electron chi connectivity index (χ1n) is 6.08. The van der Waals surface area contributed by atoms with Crippen molar-refractivity contribution in [1.29, 1.82) is 0 Å². The highest BCUT2D eigenvalue weighted by Gasteiger charge is 2.18. The first-order chi connectivity index (χ1) is 9.27. The zero-order chi connectivity index (χ0) is 15.3. The van der Waals surface area contributed by atoms with E-state index in [-0.39, 0.29) is 21.7 Å². The topological polar surface area (TPSA) is 89.3 Å². The van der Waals surface area contributed by atoms with Crippen LogP contribution in [0.5, 0.6) is 0 Å². The van der Waals surface area contributed by atoms with Gasteiger partial charge >= 0.3 is 0 Å². The van der Waals surface area contributed by atoms with Gasteiger partial charge in [0.25, 0.3) is 0 Å². The van der Waals surface area contributed by atoms with Crippen LogP contribution in [0.4, 0.5) is 0 Å². The Morgan fingerprint density at radius 3 is 2.60 bits per heavy atom. The standard InChI is InChI=1S/C12H19ClN2O3S2/c1-9(19(2)16)5-6-15-20(17,18)12-4-3-10(8-14)7-11(12)13/h3-4,7,9,15H,5-6,8,14H2,1-2H3. The molecule has 0 amide bonds. The number of hydrogen-bond acceptors (Lipinski definition) is 4. The average molecular weight is 339 g/mol. The summed E-state index contributed by atoms with van der Waals surface area (Å²) in [5.41, 5.74) is 6.23. The Balaban J connectivity index is 2.77. The van der Waals surface area contributed by atoms with Gasteiger partial charge in [0, 0.05) is 35.4 Å². The van der Waals surface area contributed by atoms with Crippen LogP contribution >= 0.6 is 11.6 Å². The number of halogens is 1. The maximum absolute atomic E-state index is 12.1. The SMILES string of the molecule is CC(CCNS(=O)(=O)c1ccc(CN)cc1Cl)S(C)=O. The molecule has 114 valence electrons. The molecule has 0 saturated carbocycles. The predicted molar refractivity (Wildman–Crippen MR) is 82.7 cm³/mol. The highest BCUT2D eigenvalue weighted by molar-refractivity contribution is 7.89. The maximum atomic E-state index is 12.1. The van der Waals surface area contributed by atoms with Crippen molar-refractivity contribution in [3.8, 4) is 0 Å². The van der Waals surface area contributed by atoms with Crippen LogP contribution in [0.2, 0.25) is 5.02 Å². The van der Waals surface area contributed by atoms with Crippen LogP contribution in [0.25, 0.3) is 0 Å². The van der Waals surface area contributed by atoms with E-state index in [1.807, 2.05) is 6.92 Å². The lowest BCUT2D eigenvalue weighted by atomic mass is 10.2. The minimum Gasteiger partial charge on any atom is -0.326 e. The van der Waals surface area contributed by atoms with Crippen molar-refractivity contribution >= 4 is 32.4 Å². The van der Waals surface area contributed by atoms with Gasteiger partial charge in [-0.1, -0.05) is 24.6 Å². The summed E-state index contributed by atoms with van der Waals surface area (Å²) in [7, 11) is -4.63. The molecule has 0 spiro atoms. The smallest absolute Gasteiger partial charge is 0.242 e. The fourth-order valence-corrected chi connectivity index (χ4v) is 3.59. The van der Waals surface area contributed by atoms with Crippen LogP contribution in [-0.4, -0.2) is 30.7 Å². The van der Waals surface area contributed by atoms with E-state index in [1.165, 1.54) is 6.07 Å². The molecule has 0 aliphatic rings. The van der Waals surface area contributed by atoms with E-state index in [0.717, 1.165) is 5.56 Å². The van der Waals surface area contributed by atoms with Gasteiger partial charge in [-0.05, 0) is 24.1 Å². The van der Waals surface area contributed by atoms with E-state index >= 15 is 0 Å². The lowest BCUT2D eigenvalue weighted by Crippen LogP contribution is -2.28. The summed E-state index contributed by atoms with van der Waals surface area (Å²) in [6.07, 6.45) is 2.10. The van der Waals surface area contributed by atoms with Crippen molar-refractivity contribution in [2.24, 2.45) is 5.73 Å². The molecule has 0 heterocycles. The highest BCUT2D eigenvalue weighted by Crippen LogP contribution is 2.22. The van der Waals surface area contributed by atoms with E-state index < -0.39 is 20.8 Å². The molecule has 0 fully saturated rings. The number of sulfonamides is 1. The Morgan fingerprint density at radius 1 is 1.45 bits per heavy atom. The largest absolute Gasteiger partial charge is 0.326 e. The summed E-state index contributed by atoms with van der Waals surface area (Å²) < 4.78 is 37.9. The highest BCUT2D eigenvalue weighted by atomic mass is 35.5. The van der Waals surface area contributed by atoms with Gasteiger partial charge in [-0.3, -0.25) is 4.21 Å². The summed E-state index contributed by atoms with van der Waals surface area (Å²) in [5, 5.41) is 0.0837. The van der Waals surface area contributed by atoms with Crippen molar-refractivity contribution < 1.29 is 12.6 Å². The average Bonchev–Trinajstić information content (AvgIpc) is 2.37. The number of nitrogens with one attached hydrogen (secondary N) is 1. The fraction of sp³-hybridized carbons (Fsp3) is 0.500. The van der Waals surface area contributed by atoms with Gasteiger partial charge in [-0.2, -0.15) is 0 Å². The van der Waals surface area contributed by atoms with Gasteiger partial charge in [0.05, 0.1) is 5.02 Å². The fourth-order valence-electron chi connectivity index (χ4n) is 1.53. The zero-order valence-electron chi connectivity index (χ0n) is 11.4. The predicted octanol–water partition coefficient (Wildman–Crippen LogP) is 1.23. The second kappa shape index (κ2) is 7.51. The van der Waals surface area contributed by atoms with Crippen molar-refractivity contribution in [2.75, 3.05) is 12.8 Å². The van der Waals surface area contributed by atoms with Crippen LogP contribution in [0.15, 0.2) is 23.1 Å². The monoisotopic (exact) mass is 338 g/mol. The molecular weight excluding hydrogens is 320 g/mol. The van der Waals surface area contributed by atoms with Crippen LogP contribution in [0, 0.1) is 0 Å². The molecular formula is C12H19ClN2O3S2. The molecule has 0 aromatic heterocycles. The molecule has 1 rings (SSSR count). The summed E-state index contributed by atoms with van der Waals surface area (Å²) >= 11 is 5.96. The molecule has 8 heteroatoms. The van der Waals surface area contributed by atoms with Gasteiger partial charge in [0.1, 0.15) is 4.90 Å². The van der Waals surface area contributed by atoms with Gasteiger partial charge in [0.15, 0.2) is 0 Å². The third kappa shape index (κ3) is 4.82. The summed E-state index contributed by atoms with van der Waals surface area (Å²) in [5.74, 6) is 0. The number of rotatable bonds is 7. The number of hydrogen-bond donors (Lipinski definition) is 2. The van der Waals surface area contributed by atoms with Crippen molar-refractivity contribution in [3.05, 3.63) is 28.8 Å². The van der Waals surface area contributed by atoms with Crippen LogP contribution in [0.3, 0.4) is 0 Å². The van der Waals surface area contributed by atoms with Crippen molar-refractivity contribution in [1.82, 2.24) is 4.72 Å². The Kier molecular flexibility index (Phi) is 6.60. The second-order valence-corrected chi connectivity index (χ2v) is 8.41. The van der Waals surface area contributed by atoms with Gasteiger partial charge < -0.3 is 5.73 Å². The lowest BCUT2D eigenvalue weighted by Gasteiger charge is -2.11. The molecule has 0 radical (unpaired) electrons. The van der Waals surface area contributed by atoms with E-state index in [2.05, 4.69) is 4.72 Å². The third-order valence-corrected chi connectivity index (χ3v) is 6.24. The first-order valence-corrected chi connectivity index (χ1v) is 9.56.